The lowest BCUT2D eigenvalue weighted by Crippen LogP contribution is -2.40. The second kappa shape index (κ2) is 25.3. The Bertz CT molecular complexity index is 1520. The third kappa shape index (κ3) is 17.5. The van der Waals surface area contributed by atoms with Crippen LogP contribution in [0.5, 0.6) is 0 Å². The number of carboxylic acids is 1. The highest BCUT2D eigenvalue weighted by molar-refractivity contribution is 6.17. The molecular weight excluding hydrogens is 743 g/mol. The van der Waals surface area contributed by atoms with Crippen molar-refractivity contribution in [3.8, 4) is 0 Å². The van der Waals surface area contributed by atoms with Gasteiger partial charge in [-0.05, 0) is 102 Å². The van der Waals surface area contributed by atoms with Crippen molar-refractivity contribution in [3.63, 3.8) is 0 Å². The van der Waals surface area contributed by atoms with E-state index in [4.69, 9.17) is 37.9 Å². The van der Waals surface area contributed by atoms with Crippen LogP contribution in [0.15, 0.2) is 48.2 Å². The Morgan fingerprint density at radius 1 is 0.707 bits per heavy atom. The lowest BCUT2D eigenvalue weighted by molar-refractivity contribution is -0.160. The number of piperidine rings is 1. The monoisotopic (exact) mass is 811 g/mol. The van der Waals surface area contributed by atoms with Gasteiger partial charge in [-0.3, -0.25) is 0 Å². The molecule has 0 atom stereocenters. The molecule has 0 amide bonds. The first-order chi connectivity index (χ1) is 27.9. The number of benzene rings is 2. The molecule has 1 saturated carbocycles. The van der Waals surface area contributed by atoms with E-state index in [9.17, 15) is 14.7 Å². The molecule has 1 N–H and O–H groups in total. The van der Waals surface area contributed by atoms with Crippen LogP contribution in [-0.2, 0) is 54.1 Å². The fraction of sp³-hybridized carbons (Fsp3) is 0.652. The zero-order chi connectivity index (χ0) is 41.8. The molecular formula is C46H69NO11. The van der Waals surface area contributed by atoms with Gasteiger partial charge in [0, 0.05) is 25.6 Å². The topological polar surface area (TPSA) is 131 Å². The highest BCUT2D eigenvalue weighted by Gasteiger charge is 2.33. The van der Waals surface area contributed by atoms with Crippen LogP contribution in [0.1, 0.15) is 87.1 Å². The van der Waals surface area contributed by atoms with Crippen molar-refractivity contribution in [2.75, 3.05) is 85.7 Å². The molecule has 0 bridgehead atoms. The summed E-state index contributed by atoms with van der Waals surface area (Å²) in [6.45, 7) is 18.9. The van der Waals surface area contributed by atoms with Crippen molar-refractivity contribution in [3.05, 3.63) is 76.0 Å². The molecule has 324 valence electrons. The molecule has 1 saturated heterocycles. The normalized spacial score (nSPS) is 18.5. The molecule has 2 aliphatic rings. The van der Waals surface area contributed by atoms with Crippen molar-refractivity contribution in [2.45, 2.75) is 104 Å². The van der Waals surface area contributed by atoms with Gasteiger partial charge in [-0.15, -0.1) is 0 Å². The van der Waals surface area contributed by atoms with Crippen molar-refractivity contribution >= 4 is 17.5 Å². The van der Waals surface area contributed by atoms with Crippen LogP contribution < -0.4 is 0 Å². The SMILES string of the molecule is Cc1cc(C)c(/C(C(=O)O)=C(\OCc2ccccc2)C2CCC(OC3CCN(CCOCCOCCOCCOCCOCC(=O)OC(C)(C)C)CC3)CC2)c(C)c1. The largest absolute Gasteiger partial charge is 0.492 e. The number of hydrogen-bond acceptors (Lipinski definition) is 11. The van der Waals surface area contributed by atoms with Gasteiger partial charge in [0.25, 0.3) is 0 Å². The number of allylic oxidation sites excluding steroid dienone is 1. The van der Waals surface area contributed by atoms with Crippen molar-refractivity contribution in [1.82, 2.24) is 4.90 Å². The van der Waals surface area contributed by atoms with Crippen molar-refractivity contribution in [2.24, 2.45) is 5.92 Å². The van der Waals surface area contributed by atoms with Gasteiger partial charge in [0.1, 0.15) is 30.1 Å². The maximum absolute atomic E-state index is 13.0. The summed E-state index contributed by atoms with van der Waals surface area (Å²) in [4.78, 5) is 27.0. The first kappa shape index (κ1) is 47.3. The standard InChI is InChI=1S/C46H69NO11/c1-34-30-35(2)42(36(3)31-34)43(45(49)50)44(56-32-37-10-8-7-9-11-37)38-12-14-39(15-13-38)57-40-16-18-47(19-17-40)20-21-51-22-23-52-24-25-53-26-27-54-28-29-55-33-41(48)58-46(4,5)6/h7-11,30-31,38-40H,12-29,32-33H2,1-6H3,(H,49,50)/b44-43+. The number of carbonyl (C=O) groups excluding carboxylic acids is 1. The number of hydrogen-bond donors (Lipinski definition) is 1. The van der Waals surface area contributed by atoms with Crippen LogP contribution in [-0.4, -0.2) is 125 Å². The Hall–Kier alpha value is -3.36. The van der Waals surface area contributed by atoms with E-state index in [1.165, 1.54) is 0 Å². The molecule has 2 fully saturated rings. The number of nitrogens with zero attached hydrogens (tertiary/aromatic N) is 1. The Morgan fingerprint density at radius 2 is 1.22 bits per heavy atom. The minimum absolute atomic E-state index is 0.0121. The van der Waals surface area contributed by atoms with Gasteiger partial charge in [-0.25, -0.2) is 9.59 Å². The smallest absolute Gasteiger partial charge is 0.339 e. The number of ether oxygens (including phenoxy) is 8. The van der Waals surface area contributed by atoms with Gasteiger partial charge in [0.2, 0.25) is 0 Å². The Kier molecular flexibility index (Phi) is 20.6. The molecule has 2 aromatic carbocycles. The second-order valence-electron chi connectivity index (χ2n) is 16.3. The molecule has 0 aromatic heterocycles. The molecule has 1 aliphatic carbocycles. The van der Waals surface area contributed by atoms with Crippen LogP contribution in [0.2, 0.25) is 0 Å². The van der Waals surface area contributed by atoms with E-state index < -0.39 is 11.6 Å². The number of carboxylic acid groups (broad SMARTS) is 1. The quantitative estimate of drug-likeness (QED) is 0.0476. The lowest BCUT2D eigenvalue weighted by Gasteiger charge is -2.36. The summed E-state index contributed by atoms with van der Waals surface area (Å²) in [6, 6.07) is 14.1. The van der Waals surface area contributed by atoms with Gasteiger partial charge in [0.15, 0.2) is 0 Å². The van der Waals surface area contributed by atoms with E-state index >= 15 is 0 Å². The molecule has 58 heavy (non-hydrogen) atoms. The third-order valence-corrected chi connectivity index (χ3v) is 10.3. The Morgan fingerprint density at radius 3 is 1.76 bits per heavy atom. The first-order valence-electron chi connectivity index (χ1n) is 21.1. The van der Waals surface area contributed by atoms with Crippen LogP contribution in [0, 0.1) is 26.7 Å². The van der Waals surface area contributed by atoms with Crippen LogP contribution in [0.25, 0.3) is 5.57 Å². The average Bonchev–Trinajstić information content (AvgIpc) is 3.17. The summed E-state index contributed by atoms with van der Waals surface area (Å²) in [7, 11) is 0. The molecule has 1 aliphatic heterocycles. The number of likely N-dealkylation sites (tertiary alicyclic amines) is 1. The van der Waals surface area contributed by atoms with Gasteiger partial charge < -0.3 is 47.9 Å². The van der Waals surface area contributed by atoms with Crippen LogP contribution in [0.4, 0.5) is 0 Å². The molecule has 1 heterocycles. The van der Waals surface area contributed by atoms with Gasteiger partial charge in [0.05, 0.1) is 71.7 Å². The summed E-state index contributed by atoms with van der Waals surface area (Å²) in [5.41, 5.74) is 4.58. The summed E-state index contributed by atoms with van der Waals surface area (Å²) in [5.74, 6) is -0.722. The zero-order valence-electron chi connectivity index (χ0n) is 35.9. The van der Waals surface area contributed by atoms with E-state index in [2.05, 4.69) is 17.0 Å². The molecule has 4 rings (SSSR count). The zero-order valence-corrected chi connectivity index (χ0v) is 35.9. The molecule has 0 radical (unpaired) electrons. The van der Waals surface area contributed by atoms with E-state index in [1.807, 2.05) is 71.9 Å². The lowest BCUT2D eigenvalue weighted by atomic mass is 9.82. The molecule has 0 spiro atoms. The number of aliphatic carboxylic acids is 1. The average molecular weight is 812 g/mol. The van der Waals surface area contributed by atoms with Gasteiger partial charge in [-0.1, -0.05) is 48.0 Å². The fourth-order valence-electron chi connectivity index (χ4n) is 7.64. The van der Waals surface area contributed by atoms with E-state index in [0.29, 0.717) is 77.4 Å². The van der Waals surface area contributed by atoms with E-state index in [1.54, 1.807) is 0 Å². The fourth-order valence-corrected chi connectivity index (χ4v) is 7.64. The minimum Gasteiger partial charge on any atom is -0.492 e. The highest BCUT2D eigenvalue weighted by atomic mass is 16.6. The summed E-state index contributed by atoms with van der Waals surface area (Å²) in [6.07, 6.45) is 5.82. The molecule has 12 heteroatoms. The number of carbonyl (C=O) groups is 2. The van der Waals surface area contributed by atoms with E-state index in [-0.39, 0.29) is 30.7 Å². The third-order valence-electron chi connectivity index (χ3n) is 10.3. The Labute approximate surface area is 346 Å². The highest BCUT2D eigenvalue weighted by Crippen LogP contribution is 2.39. The second-order valence-corrected chi connectivity index (χ2v) is 16.3. The van der Waals surface area contributed by atoms with Gasteiger partial charge in [-0.2, -0.15) is 0 Å². The van der Waals surface area contributed by atoms with Crippen molar-refractivity contribution < 1.29 is 52.6 Å². The summed E-state index contributed by atoms with van der Waals surface area (Å²) in [5, 5.41) is 10.6. The van der Waals surface area contributed by atoms with Crippen LogP contribution >= 0.6 is 0 Å². The molecule has 12 nitrogen and oxygen atoms in total. The number of esters is 1. The number of aryl methyl sites for hydroxylation is 3. The maximum atomic E-state index is 13.0. The van der Waals surface area contributed by atoms with Crippen molar-refractivity contribution in [1.29, 1.82) is 0 Å². The number of rotatable bonds is 25. The van der Waals surface area contributed by atoms with Gasteiger partial charge >= 0.3 is 11.9 Å². The maximum Gasteiger partial charge on any atom is 0.339 e. The Balaban J connectivity index is 1.06. The molecule has 0 unspecified atom stereocenters. The minimum atomic E-state index is -0.944. The molecule has 2 aromatic rings. The summed E-state index contributed by atoms with van der Waals surface area (Å²) >= 11 is 0. The first-order valence-corrected chi connectivity index (χ1v) is 21.1. The summed E-state index contributed by atoms with van der Waals surface area (Å²) < 4.78 is 46.0. The van der Waals surface area contributed by atoms with E-state index in [0.717, 1.165) is 86.0 Å². The van der Waals surface area contributed by atoms with Crippen LogP contribution in [0.3, 0.4) is 0 Å². The predicted molar refractivity (Wildman–Crippen MR) is 223 cm³/mol. The predicted octanol–water partition coefficient (Wildman–Crippen LogP) is 7.09.